The molecule has 0 N–H and O–H groups in total. The van der Waals surface area contributed by atoms with Gasteiger partial charge in [0.05, 0.1) is 11.6 Å². The molecule has 1 aromatic carbocycles. The molecule has 0 saturated carbocycles. The van der Waals surface area contributed by atoms with Crippen molar-refractivity contribution >= 4 is 17.5 Å². The van der Waals surface area contributed by atoms with E-state index in [4.69, 9.17) is 5.26 Å². The SMILES string of the molecule is CN(C)CCN(Cc1cccc(C#N)c1)C(=O)C1=NN(C)C(=O)CC1. The number of hydrogen-bond acceptors (Lipinski definition) is 5. The lowest BCUT2D eigenvalue weighted by Crippen LogP contribution is -2.42. The number of rotatable bonds is 6. The summed E-state index contributed by atoms with van der Waals surface area (Å²) in [5.41, 5.74) is 1.86. The number of carbonyl (C=O) groups is 2. The van der Waals surface area contributed by atoms with Gasteiger partial charge in [-0.25, -0.2) is 5.01 Å². The third-order valence-electron chi connectivity index (χ3n) is 3.99. The Morgan fingerprint density at radius 2 is 2.08 bits per heavy atom. The Kier molecular flexibility index (Phi) is 6.25. The van der Waals surface area contributed by atoms with Crippen molar-refractivity contribution in [3.8, 4) is 6.07 Å². The zero-order chi connectivity index (χ0) is 18.4. The first-order valence-electron chi connectivity index (χ1n) is 8.18. The summed E-state index contributed by atoms with van der Waals surface area (Å²) >= 11 is 0. The number of hydrogen-bond donors (Lipinski definition) is 0. The van der Waals surface area contributed by atoms with Crippen LogP contribution in [0, 0.1) is 11.3 Å². The maximum Gasteiger partial charge on any atom is 0.270 e. The van der Waals surface area contributed by atoms with Crippen molar-refractivity contribution in [1.82, 2.24) is 14.8 Å². The zero-order valence-electron chi connectivity index (χ0n) is 14.9. The van der Waals surface area contributed by atoms with E-state index in [1.165, 1.54) is 5.01 Å². The Labute approximate surface area is 148 Å². The van der Waals surface area contributed by atoms with Gasteiger partial charge in [0, 0.05) is 39.5 Å². The molecule has 0 fully saturated rings. The second-order valence-electron chi connectivity index (χ2n) is 6.31. The summed E-state index contributed by atoms with van der Waals surface area (Å²) in [5, 5.41) is 14.4. The molecular weight excluding hydrogens is 318 g/mol. The van der Waals surface area contributed by atoms with Crippen molar-refractivity contribution in [3.05, 3.63) is 35.4 Å². The van der Waals surface area contributed by atoms with Crippen molar-refractivity contribution < 1.29 is 9.59 Å². The highest BCUT2D eigenvalue weighted by atomic mass is 16.2. The van der Waals surface area contributed by atoms with Gasteiger partial charge in [-0.1, -0.05) is 12.1 Å². The monoisotopic (exact) mass is 341 g/mol. The molecule has 25 heavy (non-hydrogen) atoms. The van der Waals surface area contributed by atoms with Crippen LogP contribution in [0.5, 0.6) is 0 Å². The van der Waals surface area contributed by atoms with Crippen LogP contribution in [0.4, 0.5) is 0 Å². The third kappa shape index (κ3) is 5.13. The van der Waals surface area contributed by atoms with Gasteiger partial charge in [-0.15, -0.1) is 0 Å². The van der Waals surface area contributed by atoms with E-state index < -0.39 is 0 Å². The molecule has 1 aromatic rings. The Bertz CT molecular complexity index is 720. The van der Waals surface area contributed by atoms with Crippen LogP contribution in [0.2, 0.25) is 0 Å². The van der Waals surface area contributed by atoms with Crippen LogP contribution >= 0.6 is 0 Å². The van der Waals surface area contributed by atoms with Crippen molar-refractivity contribution in [1.29, 1.82) is 5.26 Å². The first-order chi connectivity index (χ1) is 11.9. The van der Waals surface area contributed by atoms with Crippen molar-refractivity contribution in [2.24, 2.45) is 5.10 Å². The topological polar surface area (TPSA) is 80.0 Å². The van der Waals surface area contributed by atoms with Gasteiger partial charge in [0.25, 0.3) is 5.91 Å². The van der Waals surface area contributed by atoms with Gasteiger partial charge in [0.1, 0.15) is 5.71 Å². The minimum atomic E-state index is -0.163. The zero-order valence-corrected chi connectivity index (χ0v) is 14.9. The number of benzene rings is 1. The summed E-state index contributed by atoms with van der Waals surface area (Å²) in [6.07, 6.45) is 0.658. The molecule has 0 radical (unpaired) electrons. The normalized spacial score (nSPS) is 14.3. The van der Waals surface area contributed by atoms with E-state index in [1.807, 2.05) is 31.1 Å². The minimum Gasteiger partial charge on any atom is -0.332 e. The number of hydrazone groups is 1. The quantitative estimate of drug-likeness (QED) is 0.775. The van der Waals surface area contributed by atoms with Gasteiger partial charge in [-0.2, -0.15) is 10.4 Å². The molecule has 0 aliphatic carbocycles. The summed E-state index contributed by atoms with van der Waals surface area (Å²) in [7, 11) is 5.46. The van der Waals surface area contributed by atoms with Crippen LogP contribution in [-0.2, 0) is 16.1 Å². The third-order valence-corrected chi connectivity index (χ3v) is 3.99. The van der Waals surface area contributed by atoms with Crippen LogP contribution in [0.15, 0.2) is 29.4 Å². The summed E-state index contributed by atoms with van der Waals surface area (Å²) in [4.78, 5) is 28.2. The standard InChI is InChI=1S/C18H23N5O2/c1-21(2)9-10-23(13-15-6-4-5-14(11-15)12-19)18(25)16-7-8-17(24)22(3)20-16/h4-6,11H,7-10,13H2,1-3H3. The Balaban J connectivity index is 2.19. The van der Waals surface area contributed by atoms with Crippen LogP contribution < -0.4 is 0 Å². The predicted molar refractivity (Wildman–Crippen MR) is 94.6 cm³/mol. The summed E-state index contributed by atoms with van der Waals surface area (Å²) in [6.45, 7) is 1.66. The molecule has 2 rings (SSSR count). The molecule has 7 heteroatoms. The van der Waals surface area contributed by atoms with Gasteiger partial charge in [-0.3, -0.25) is 9.59 Å². The molecule has 0 unspecified atom stereocenters. The van der Waals surface area contributed by atoms with Gasteiger partial charge in [-0.05, 0) is 31.8 Å². The van der Waals surface area contributed by atoms with Crippen LogP contribution in [0.1, 0.15) is 24.0 Å². The van der Waals surface area contributed by atoms with Crippen LogP contribution in [-0.4, -0.2) is 66.6 Å². The second-order valence-corrected chi connectivity index (χ2v) is 6.31. The predicted octanol–water partition coefficient (Wildman–Crippen LogP) is 1.06. The molecule has 7 nitrogen and oxygen atoms in total. The van der Waals surface area contributed by atoms with E-state index in [0.29, 0.717) is 43.8 Å². The fourth-order valence-corrected chi connectivity index (χ4v) is 2.54. The number of carbonyl (C=O) groups excluding carboxylic acids is 2. The fraction of sp³-hybridized carbons (Fsp3) is 0.444. The smallest absolute Gasteiger partial charge is 0.270 e. The second kappa shape index (κ2) is 8.40. The highest BCUT2D eigenvalue weighted by Gasteiger charge is 2.26. The lowest BCUT2D eigenvalue weighted by atomic mass is 10.1. The molecule has 0 aromatic heterocycles. The van der Waals surface area contributed by atoms with Gasteiger partial charge < -0.3 is 9.80 Å². The fourth-order valence-electron chi connectivity index (χ4n) is 2.54. The van der Waals surface area contributed by atoms with Crippen molar-refractivity contribution in [3.63, 3.8) is 0 Å². The van der Waals surface area contributed by atoms with E-state index in [1.54, 1.807) is 24.1 Å². The number of nitrogens with zero attached hydrogens (tertiary/aromatic N) is 5. The summed E-state index contributed by atoms with van der Waals surface area (Å²) in [5.74, 6) is -0.248. The Hall–Kier alpha value is -2.72. The largest absolute Gasteiger partial charge is 0.332 e. The minimum absolute atomic E-state index is 0.0851. The molecule has 0 spiro atoms. The molecule has 1 aliphatic rings. The van der Waals surface area contributed by atoms with Gasteiger partial charge >= 0.3 is 0 Å². The Morgan fingerprint density at radius 3 is 2.72 bits per heavy atom. The number of likely N-dealkylation sites (N-methyl/N-ethyl adjacent to an activating group) is 1. The molecule has 132 valence electrons. The molecular formula is C18H23N5O2. The summed E-state index contributed by atoms with van der Waals surface area (Å²) < 4.78 is 0. The highest BCUT2D eigenvalue weighted by molar-refractivity contribution is 6.39. The maximum absolute atomic E-state index is 12.9. The molecule has 2 amide bonds. The van der Waals surface area contributed by atoms with E-state index in [2.05, 4.69) is 11.2 Å². The molecule has 0 atom stereocenters. The van der Waals surface area contributed by atoms with E-state index in [-0.39, 0.29) is 11.8 Å². The summed E-state index contributed by atoms with van der Waals surface area (Å²) in [6, 6.07) is 9.35. The first-order valence-corrected chi connectivity index (χ1v) is 8.18. The molecule has 1 aliphatic heterocycles. The number of nitriles is 1. The van der Waals surface area contributed by atoms with E-state index >= 15 is 0 Å². The van der Waals surface area contributed by atoms with E-state index in [9.17, 15) is 9.59 Å². The van der Waals surface area contributed by atoms with Crippen LogP contribution in [0.25, 0.3) is 0 Å². The molecule has 1 heterocycles. The molecule has 0 saturated heterocycles. The van der Waals surface area contributed by atoms with Gasteiger partial charge in [0.15, 0.2) is 0 Å². The van der Waals surface area contributed by atoms with Crippen molar-refractivity contribution in [2.75, 3.05) is 34.2 Å². The highest BCUT2D eigenvalue weighted by Crippen LogP contribution is 2.13. The van der Waals surface area contributed by atoms with Gasteiger partial charge in [0.2, 0.25) is 5.91 Å². The molecule has 0 bridgehead atoms. The first kappa shape index (κ1) is 18.6. The maximum atomic E-state index is 12.9. The van der Waals surface area contributed by atoms with Crippen LogP contribution in [0.3, 0.4) is 0 Å². The number of amides is 2. The van der Waals surface area contributed by atoms with E-state index in [0.717, 1.165) is 5.56 Å². The lowest BCUT2D eigenvalue weighted by Gasteiger charge is -2.27. The average molecular weight is 341 g/mol. The van der Waals surface area contributed by atoms with Crippen molar-refractivity contribution in [2.45, 2.75) is 19.4 Å². The average Bonchev–Trinajstić information content (AvgIpc) is 2.60. The lowest BCUT2D eigenvalue weighted by molar-refractivity contribution is -0.130. The Morgan fingerprint density at radius 1 is 1.32 bits per heavy atom.